The van der Waals surface area contributed by atoms with E-state index >= 15 is 0 Å². The largest absolute Gasteiger partial charge is 0.480 e. The van der Waals surface area contributed by atoms with Crippen LogP contribution in [0, 0.1) is 5.92 Å². The summed E-state index contributed by atoms with van der Waals surface area (Å²) in [5.74, 6) is -0.341. The van der Waals surface area contributed by atoms with Crippen molar-refractivity contribution in [3.63, 3.8) is 0 Å². The average Bonchev–Trinajstić information content (AvgIpc) is 1.98. The summed E-state index contributed by atoms with van der Waals surface area (Å²) in [5.41, 5.74) is 1.41. The van der Waals surface area contributed by atoms with Gasteiger partial charge in [0, 0.05) is 18.6 Å². The van der Waals surface area contributed by atoms with Crippen molar-refractivity contribution in [1.82, 2.24) is 4.90 Å². The van der Waals surface area contributed by atoms with Gasteiger partial charge in [0.2, 0.25) is 0 Å². The first-order valence-electron chi connectivity index (χ1n) is 4.25. The Hall–Kier alpha value is -0.540. The molecule has 0 aliphatic rings. The molecule has 0 fully saturated rings. The molecule has 0 bridgehead atoms. The number of carbonyl (C=O) groups is 1. The standard InChI is InChI=1S/C9H16ClNO2/c1-8(2)6-11(5-3-4-10)7-9(12)13/h3-4,8H,5-7H2,1-2H3,(H,12,13). The highest BCUT2D eigenvalue weighted by Gasteiger charge is 2.09. The quantitative estimate of drug-likeness (QED) is 0.719. The molecular formula is C9H16ClNO2. The van der Waals surface area contributed by atoms with E-state index in [9.17, 15) is 4.79 Å². The molecule has 0 heterocycles. The Kier molecular flexibility index (Phi) is 6.63. The molecule has 0 unspecified atom stereocenters. The van der Waals surface area contributed by atoms with Gasteiger partial charge < -0.3 is 5.11 Å². The van der Waals surface area contributed by atoms with Gasteiger partial charge in [-0.3, -0.25) is 9.69 Å². The maximum Gasteiger partial charge on any atom is 0.317 e. The summed E-state index contributed by atoms with van der Waals surface area (Å²) >= 11 is 5.36. The zero-order chi connectivity index (χ0) is 10.3. The molecule has 76 valence electrons. The predicted molar refractivity (Wildman–Crippen MR) is 53.9 cm³/mol. The summed E-state index contributed by atoms with van der Waals surface area (Å²) in [6.45, 7) is 5.54. The van der Waals surface area contributed by atoms with Crippen LogP contribution in [0.4, 0.5) is 0 Å². The van der Waals surface area contributed by atoms with Crippen LogP contribution in [0.5, 0.6) is 0 Å². The van der Waals surface area contributed by atoms with Crippen LogP contribution in [0.1, 0.15) is 13.8 Å². The fraction of sp³-hybridized carbons (Fsp3) is 0.667. The first kappa shape index (κ1) is 12.5. The zero-order valence-corrected chi connectivity index (χ0v) is 8.79. The van der Waals surface area contributed by atoms with Gasteiger partial charge >= 0.3 is 5.97 Å². The minimum atomic E-state index is -0.802. The SMILES string of the molecule is CC(C)CN(CC=CCl)CC(=O)O. The molecule has 0 saturated heterocycles. The lowest BCUT2D eigenvalue weighted by atomic mass is 10.2. The monoisotopic (exact) mass is 205 g/mol. The molecule has 0 spiro atoms. The maximum absolute atomic E-state index is 10.5. The van der Waals surface area contributed by atoms with Gasteiger partial charge in [0.25, 0.3) is 0 Å². The van der Waals surface area contributed by atoms with E-state index in [4.69, 9.17) is 16.7 Å². The normalized spacial score (nSPS) is 11.8. The number of carboxylic acids is 1. The van der Waals surface area contributed by atoms with Crippen LogP contribution in [-0.2, 0) is 4.79 Å². The first-order valence-corrected chi connectivity index (χ1v) is 4.69. The van der Waals surface area contributed by atoms with Crippen molar-refractivity contribution in [3.8, 4) is 0 Å². The van der Waals surface area contributed by atoms with Gasteiger partial charge in [-0.25, -0.2) is 0 Å². The van der Waals surface area contributed by atoms with Gasteiger partial charge in [0.15, 0.2) is 0 Å². The second-order valence-electron chi connectivity index (χ2n) is 3.34. The lowest BCUT2D eigenvalue weighted by Crippen LogP contribution is -2.33. The molecule has 0 aliphatic carbocycles. The highest BCUT2D eigenvalue weighted by molar-refractivity contribution is 6.25. The molecule has 3 nitrogen and oxygen atoms in total. The van der Waals surface area contributed by atoms with Crippen molar-refractivity contribution in [2.24, 2.45) is 5.92 Å². The van der Waals surface area contributed by atoms with Crippen molar-refractivity contribution < 1.29 is 9.90 Å². The highest BCUT2D eigenvalue weighted by Crippen LogP contribution is 1.98. The average molecular weight is 206 g/mol. The van der Waals surface area contributed by atoms with Gasteiger partial charge in [0.1, 0.15) is 0 Å². The Morgan fingerprint density at radius 2 is 2.23 bits per heavy atom. The second kappa shape index (κ2) is 6.92. The van der Waals surface area contributed by atoms with E-state index < -0.39 is 5.97 Å². The molecule has 0 aliphatic heterocycles. The number of rotatable bonds is 6. The van der Waals surface area contributed by atoms with Crippen molar-refractivity contribution in [2.75, 3.05) is 19.6 Å². The molecule has 0 radical (unpaired) electrons. The number of carboxylic acid groups (broad SMARTS) is 1. The molecule has 0 saturated carbocycles. The Morgan fingerprint density at radius 3 is 2.62 bits per heavy atom. The number of hydrogen-bond acceptors (Lipinski definition) is 2. The van der Waals surface area contributed by atoms with Crippen LogP contribution in [0.2, 0.25) is 0 Å². The van der Waals surface area contributed by atoms with Crippen molar-refractivity contribution in [3.05, 3.63) is 11.6 Å². The molecule has 0 aromatic rings. The third kappa shape index (κ3) is 7.81. The number of hydrogen-bond donors (Lipinski definition) is 1. The molecule has 1 N–H and O–H groups in total. The third-order valence-corrected chi connectivity index (χ3v) is 1.61. The number of halogens is 1. The molecule has 4 heteroatoms. The van der Waals surface area contributed by atoms with Crippen LogP contribution in [-0.4, -0.2) is 35.6 Å². The topological polar surface area (TPSA) is 40.5 Å². The summed E-state index contributed by atoms with van der Waals surface area (Å²) in [7, 11) is 0. The van der Waals surface area contributed by atoms with E-state index in [2.05, 4.69) is 13.8 Å². The summed E-state index contributed by atoms with van der Waals surface area (Å²) in [4.78, 5) is 12.3. The Morgan fingerprint density at radius 1 is 1.62 bits per heavy atom. The smallest absolute Gasteiger partial charge is 0.317 e. The minimum absolute atomic E-state index is 0.0689. The van der Waals surface area contributed by atoms with Gasteiger partial charge in [-0.05, 0) is 5.92 Å². The van der Waals surface area contributed by atoms with Gasteiger partial charge in [-0.15, -0.1) is 0 Å². The van der Waals surface area contributed by atoms with Crippen molar-refractivity contribution in [2.45, 2.75) is 13.8 Å². The highest BCUT2D eigenvalue weighted by atomic mass is 35.5. The molecule has 13 heavy (non-hydrogen) atoms. The van der Waals surface area contributed by atoms with E-state index in [0.29, 0.717) is 12.5 Å². The summed E-state index contributed by atoms with van der Waals surface area (Å²) in [6, 6.07) is 0. The predicted octanol–water partition coefficient (Wildman–Crippen LogP) is 1.78. The molecule has 0 aromatic carbocycles. The maximum atomic E-state index is 10.5. The van der Waals surface area contributed by atoms with Crippen LogP contribution in [0.25, 0.3) is 0 Å². The Labute approximate surface area is 84.0 Å². The van der Waals surface area contributed by atoms with E-state index in [1.165, 1.54) is 5.54 Å². The van der Waals surface area contributed by atoms with Crippen LogP contribution in [0.15, 0.2) is 11.6 Å². The van der Waals surface area contributed by atoms with Gasteiger partial charge in [0.05, 0.1) is 6.54 Å². The first-order chi connectivity index (χ1) is 6.06. The lowest BCUT2D eigenvalue weighted by molar-refractivity contribution is -0.138. The van der Waals surface area contributed by atoms with Crippen LogP contribution < -0.4 is 0 Å². The summed E-state index contributed by atoms with van der Waals surface area (Å²) in [6.07, 6.45) is 1.74. The second-order valence-corrected chi connectivity index (χ2v) is 3.60. The summed E-state index contributed by atoms with van der Waals surface area (Å²) < 4.78 is 0. The molecule has 0 rings (SSSR count). The number of aliphatic carboxylic acids is 1. The Balaban J connectivity index is 3.94. The van der Waals surface area contributed by atoms with Crippen molar-refractivity contribution in [1.29, 1.82) is 0 Å². The minimum Gasteiger partial charge on any atom is -0.480 e. The lowest BCUT2D eigenvalue weighted by Gasteiger charge is -2.20. The fourth-order valence-electron chi connectivity index (χ4n) is 1.10. The van der Waals surface area contributed by atoms with Crippen LogP contribution >= 0.6 is 11.6 Å². The van der Waals surface area contributed by atoms with Crippen LogP contribution in [0.3, 0.4) is 0 Å². The Bertz CT molecular complexity index is 180. The van der Waals surface area contributed by atoms with Crippen molar-refractivity contribution >= 4 is 17.6 Å². The van der Waals surface area contributed by atoms with E-state index in [1.54, 1.807) is 6.08 Å². The number of nitrogens with zero attached hydrogens (tertiary/aromatic N) is 1. The molecule has 0 amide bonds. The van der Waals surface area contributed by atoms with Gasteiger partial charge in [-0.2, -0.15) is 0 Å². The summed E-state index contributed by atoms with van der Waals surface area (Å²) in [5, 5.41) is 8.60. The van der Waals surface area contributed by atoms with E-state index in [-0.39, 0.29) is 6.54 Å². The molecular weight excluding hydrogens is 190 g/mol. The zero-order valence-electron chi connectivity index (χ0n) is 8.03. The molecule has 0 aromatic heterocycles. The van der Waals surface area contributed by atoms with E-state index in [0.717, 1.165) is 6.54 Å². The third-order valence-electron chi connectivity index (χ3n) is 1.43. The van der Waals surface area contributed by atoms with Gasteiger partial charge in [-0.1, -0.05) is 31.5 Å². The fourth-order valence-corrected chi connectivity index (χ4v) is 1.18. The molecule has 0 atom stereocenters. The van der Waals surface area contributed by atoms with E-state index in [1.807, 2.05) is 4.90 Å².